The molecular weight excluding hydrogens is 512 g/mol. The van der Waals surface area contributed by atoms with E-state index in [1.165, 1.54) is 12.1 Å². The number of carboxylic acid groups (broad SMARTS) is 1. The predicted molar refractivity (Wildman–Crippen MR) is 137 cm³/mol. The van der Waals surface area contributed by atoms with Crippen molar-refractivity contribution in [2.75, 3.05) is 11.9 Å². The smallest absolute Gasteiger partial charge is 0.407 e. The number of amides is 2. The lowest BCUT2D eigenvalue weighted by atomic mass is 9.98. The van der Waals surface area contributed by atoms with Crippen LogP contribution in [0.2, 0.25) is 0 Å². The molecule has 1 aliphatic carbocycles. The highest BCUT2D eigenvalue weighted by Gasteiger charge is 2.30. The number of ether oxygens (including phenoxy) is 1. The van der Waals surface area contributed by atoms with E-state index in [4.69, 9.17) is 4.74 Å². The van der Waals surface area contributed by atoms with Crippen LogP contribution in [0.4, 0.5) is 10.5 Å². The number of benzene rings is 3. The second-order valence-electron chi connectivity index (χ2n) is 8.71. The van der Waals surface area contributed by atoms with Crippen LogP contribution in [0.3, 0.4) is 0 Å². The molecule has 0 saturated carbocycles. The molecule has 0 aliphatic heterocycles. The molecule has 0 unspecified atom stereocenters. The molecule has 35 heavy (non-hydrogen) atoms. The average molecular weight is 537 g/mol. The number of rotatable bonds is 7. The van der Waals surface area contributed by atoms with Gasteiger partial charge in [-0.1, -0.05) is 78.3 Å². The topological polar surface area (TPSA) is 105 Å². The summed E-state index contributed by atoms with van der Waals surface area (Å²) in [4.78, 5) is 36.9. The first kappa shape index (κ1) is 24.5. The summed E-state index contributed by atoms with van der Waals surface area (Å²) in [6, 6.07) is 19.6. The predicted octanol–water partition coefficient (Wildman–Crippen LogP) is 5.65. The average Bonchev–Trinajstić information content (AvgIpc) is 3.14. The molecule has 3 N–H and O–H groups in total. The monoisotopic (exact) mass is 536 g/mol. The van der Waals surface area contributed by atoms with Gasteiger partial charge in [0, 0.05) is 16.1 Å². The fourth-order valence-corrected chi connectivity index (χ4v) is 4.80. The van der Waals surface area contributed by atoms with Gasteiger partial charge in [0.25, 0.3) is 0 Å². The number of carbonyl (C=O) groups excluding carboxylic acids is 2. The number of halogens is 1. The minimum atomic E-state index is -1.11. The van der Waals surface area contributed by atoms with Crippen LogP contribution in [0, 0.1) is 5.92 Å². The highest BCUT2D eigenvalue weighted by molar-refractivity contribution is 9.10. The summed E-state index contributed by atoms with van der Waals surface area (Å²) in [6.07, 6.45) is -0.693. The van der Waals surface area contributed by atoms with Gasteiger partial charge in [-0.2, -0.15) is 0 Å². The zero-order chi connectivity index (χ0) is 25.1. The Bertz CT molecular complexity index is 1240. The second kappa shape index (κ2) is 10.3. The molecule has 3 aromatic rings. The van der Waals surface area contributed by atoms with Gasteiger partial charge in [0.1, 0.15) is 12.6 Å². The molecule has 1 aliphatic rings. The van der Waals surface area contributed by atoms with Crippen molar-refractivity contribution >= 4 is 39.6 Å². The molecule has 0 fully saturated rings. The maximum Gasteiger partial charge on any atom is 0.407 e. The fourth-order valence-electron chi connectivity index (χ4n) is 4.31. The molecule has 4 rings (SSSR count). The summed E-state index contributed by atoms with van der Waals surface area (Å²) < 4.78 is 6.09. The van der Waals surface area contributed by atoms with Crippen LogP contribution in [0.25, 0.3) is 11.1 Å². The molecule has 8 heteroatoms. The first-order chi connectivity index (χ1) is 16.7. The number of hydrogen-bond donors (Lipinski definition) is 3. The summed E-state index contributed by atoms with van der Waals surface area (Å²) in [7, 11) is 0. The molecule has 7 nitrogen and oxygen atoms in total. The highest BCUT2D eigenvalue weighted by Crippen LogP contribution is 2.44. The number of alkyl carbamates (subject to hydrolysis) is 1. The van der Waals surface area contributed by atoms with Crippen LogP contribution < -0.4 is 10.6 Å². The van der Waals surface area contributed by atoms with Crippen LogP contribution >= 0.6 is 15.9 Å². The first-order valence-electron chi connectivity index (χ1n) is 11.2. The first-order valence-corrected chi connectivity index (χ1v) is 12.0. The molecule has 0 bridgehead atoms. The van der Waals surface area contributed by atoms with E-state index in [0.717, 1.165) is 22.3 Å². The summed E-state index contributed by atoms with van der Waals surface area (Å²) >= 11 is 3.25. The molecule has 0 aromatic heterocycles. The molecule has 180 valence electrons. The van der Waals surface area contributed by atoms with Crippen molar-refractivity contribution in [3.8, 4) is 11.1 Å². The minimum absolute atomic E-state index is 0.0280. The van der Waals surface area contributed by atoms with Crippen molar-refractivity contribution in [3.05, 3.63) is 87.9 Å². The van der Waals surface area contributed by atoms with E-state index in [1.54, 1.807) is 19.9 Å². The normalized spacial score (nSPS) is 13.0. The fraction of sp³-hybridized carbons (Fsp3) is 0.222. The van der Waals surface area contributed by atoms with Gasteiger partial charge in [0.15, 0.2) is 0 Å². The third-order valence-corrected chi connectivity index (χ3v) is 6.44. The lowest BCUT2D eigenvalue weighted by Crippen LogP contribution is -2.47. The lowest BCUT2D eigenvalue weighted by molar-refractivity contribution is -0.119. The van der Waals surface area contributed by atoms with Gasteiger partial charge in [-0.25, -0.2) is 9.59 Å². The zero-order valence-corrected chi connectivity index (χ0v) is 20.8. The van der Waals surface area contributed by atoms with Gasteiger partial charge in [0.05, 0.1) is 5.56 Å². The molecule has 1 atom stereocenters. The van der Waals surface area contributed by atoms with E-state index in [2.05, 4.69) is 38.7 Å². The molecule has 0 heterocycles. The number of carbonyl (C=O) groups is 3. The van der Waals surface area contributed by atoms with Gasteiger partial charge < -0.3 is 20.5 Å². The summed E-state index contributed by atoms with van der Waals surface area (Å²) in [5, 5.41) is 14.6. The summed E-state index contributed by atoms with van der Waals surface area (Å²) in [5.74, 6) is -1.90. The van der Waals surface area contributed by atoms with Crippen molar-refractivity contribution in [2.24, 2.45) is 5.92 Å². The van der Waals surface area contributed by atoms with E-state index in [1.807, 2.05) is 36.4 Å². The Morgan fingerprint density at radius 2 is 1.57 bits per heavy atom. The molecular formula is C27H25BrN2O5. The summed E-state index contributed by atoms with van der Waals surface area (Å²) in [5.41, 5.74) is 4.80. The van der Waals surface area contributed by atoms with Gasteiger partial charge >= 0.3 is 12.1 Å². The number of anilines is 1. The van der Waals surface area contributed by atoms with Crippen LogP contribution in [0.5, 0.6) is 0 Å². The maximum absolute atomic E-state index is 12.9. The highest BCUT2D eigenvalue weighted by atomic mass is 79.9. The number of hydrogen-bond acceptors (Lipinski definition) is 4. The summed E-state index contributed by atoms with van der Waals surface area (Å²) in [6.45, 7) is 3.75. The van der Waals surface area contributed by atoms with Crippen molar-refractivity contribution in [1.29, 1.82) is 0 Å². The Kier molecular flexibility index (Phi) is 7.21. The number of aromatic carboxylic acids is 1. The van der Waals surface area contributed by atoms with Gasteiger partial charge in [-0.15, -0.1) is 0 Å². The van der Waals surface area contributed by atoms with Gasteiger partial charge in [-0.05, 0) is 46.4 Å². The van der Waals surface area contributed by atoms with Crippen LogP contribution in [0.1, 0.15) is 41.3 Å². The second-order valence-corrected chi connectivity index (χ2v) is 9.63. The van der Waals surface area contributed by atoms with Crippen molar-refractivity contribution in [1.82, 2.24) is 5.32 Å². The Hall–Kier alpha value is -3.65. The molecule has 2 amide bonds. The van der Waals surface area contributed by atoms with Crippen LogP contribution in [-0.4, -0.2) is 35.7 Å². The third-order valence-electron chi connectivity index (χ3n) is 5.98. The molecule has 0 radical (unpaired) electrons. The number of nitrogens with one attached hydrogen (secondary N) is 2. The largest absolute Gasteiger partial charge is 0.478 e. The van der Waals surface area contributed by atoms with E-state index in [-0.39, 0.29) is 24.0 Å². The quantitative estimate of drug-likeness (QED) is 0.362. The molecule has 0 spiro atoms. The Morgan fingerprint density at radius 3 is 2.14 bits per heavy atom. The maximum atomic E-state index is 12.9. The molecule has 0 saturated heterocycles. The van der Waals surface area contributed by atoms with Crippen LogP contribution in [0.15, 0.2) is 71.2 Å². The number of carboxylic acids is 1. The Morgan fingerprint density at radius 1 is 0.971 bits per heavy atom. The third kappa shape index (κ3) is 5.38. The van der Waals surface area contributed by atoms with Crippen molar-refractivity contribution < 1.29 is 24.2 Å². The van der Waals surface area contributed by atoms with Gasteiger partial charge in [-0.3, -0.25) is 4.79 Å². The number of fused-ring (bicyclic) bond motifs is 3. The standard InChI is InChI=1S/C27H25BrN2O5/c1-15(2)24(25(31)29-18-12-16(26(32)33)11-17(28)13-18)30-27(34)35-14-23-21-9-5-3-7-19(21)20-8-4-6-10-22(20)23/h3-13,15,23-24H,14H2,1-2H3,(H,29,31)(H,30,34)(H,32,33)/t24-/m1/s1. The van der Waals surface area contributed by atoms with E-state index >= 15 is 0 Å². The molecule has 3 aromatic carbocycles. The zero-order valence-electron chi connectivity index (χ0n) is 19.2. The van der Waals surface area contributed by atoms with E-state index < -0.39 is 24.0 Å². The minimum Gasteiger partial charge on any atom is -0.478 e. The van der Waals surface area contributed by atoms with E-state index in [0.29, 0.717) is 10.2 Å². The van der Waals surface area contributed by atoms with Crippen LogP contribution in [-0.2, 0) is 9.53 Å². The lowest BCUT2D eigenvalue weighted by Gasteiger charge is -2.22. The van der Waals surface area contributed by atoms with E-state index in [9.17, 15) is 19.5 Å². The van der Waals surface area contributed by atoms with Gasteiger partial charge in [0.2, 0.25) is 5.91 Å². The van der Waals surface area contributed by atoms with Crippen molar-refractivity contribution in [3.63, 3.8) is 0 Å². The SMILES string of the molecule is CC(C)[C@@H](NC(=O)OCC1c2ccccc2-c2ccccc21)C(=O)Nc1cc(Br)cc(C(=O)O)c1. The Balaban J connectivity index is 1.43. The van der Waals surface area contributed by atoms with Crippen molar-refractivity contribution in [2.45, 2.75) is 25.8 Å². The Labute approximate surface area is 211 Å².